The Labute approximate surface area is 109 Å². The van der Waals surface area contributed by atoms with Gasteiger partial charge in [0.1, 0.15) is 12.4 Å². The minimum absolute atomic E-state index is 0.258. The van der Waals surface area contributed by atoms with Gasteiger partial charge >= 0.3 is 0 Å². The molecule has 0 bridgehead atoms. The summed E-state index contributed by atoms with van der Waals surface area (Å²) < 4.78 is 5.69. The molecule has 1 aromatic carbocycles. The molecule has 2 rings (SSSR count). The lowest BCUT2D eigenvalue weighted by atomic mass is 10.2. The van der Waals surface area contributed by atoms with Crippen molar-refractivity contribution in [3.63, 3.8) is 0 Å². The Bertz CT molecular complexity index is 430. The number of carbonyl (C=O) groups is 1. The van der Waals surface area contributed by atoms with Crippen molar-refractivity contribution in [3.8, 4) is 5.75 Å². The topological polar surface area (TPSA) is 29.5 Å². The maximum absolute atomic E-state index is 11.9. The van der Waals surface area contributed by atoms with Crippen LogP contribution in [0.1, 0.15) is 18.9 Å². The molecule has 1 saturated carbocycles. The zero-order valence-electron chi connectivity index (χ0n) is 11.3. The van der Waals surface area contributed by atoms with E-state index >= 15 is 0 Å². The molecule has 1 aliphatic carbocycles. The summed E-state index contributed by atoms with van der Waals surface area (Å²) in [7, 11) is 1.86. The van der Waals surface area contributed by atoms with Gasteiger partial charge in [-0.05, 0) is 30.9 Å². The smallest absolute Gasteiger partial charge is 0.225 e. The lowest BCUT2D eigenvalue weighted by Crippen LogP contribution is -2.32. The third kappa shape index (κ3) is 3.03. The molecule has 3 heteroatoms. The van der Waals surface area contributed by atoms with Crippen molar-refractivity contribution in [3.05, 3.63) is 29.8 Å². The van der Waals surface area contributed by atoms with Gasteiger partial charge in [0.05, 0.1) is 6.54 Å². The van der Waals surface area contributed by atoms with E-state index in [1.54, 1.807) is 4.90 Å². The Balaban J connectivity index is 1.75. The SMILES string of the molecule is Cc1ccccc1OCCN(C)C(=O)C1CC1C. The number of nitrogens with zero attached hydrogens (tertiary/aromatic N) is 1. The van der Waals surface area contributed by atoms with Crippen LogP contribution in [0, 0.1) is 18.8 Å². The van der Waals surface area contributed by atoms with Crippen molar-refractivity contribution in [1.29, 1.82) is 0 Å². The fraction of sp³-hybridized carbons (Fsp3) is 0.533. The first-order valence-electron chi connectivity index (χ1n) is 6.53. The van der Waals surface area contributed by atoms with Crippen molar-refractivity contribution >= 4 is 5.91 Å². The fourth-order valence-corrected chi connectivity index (χ4v) is 2.07. The van der Waals surface area contributed by atoms with Crippen LogP contribution in [-0.4, -0.2) is 31.0 Å². The van der Waals surface area contributed by atoms with Crippen molar-refractivity contribution in [2.24, 2.45) is 11.8 Å². The lowest BCUT2D eigenvalue weighted by Gasteiger charge is -2.18. The molecule has 98 valence electrons. The van der Waals surface area contributed by atoms with Crippen LogP contribution < -0.4 is 4.74 Å². The second-order valence-electron chi connectivity index (χ2n) is 5.19. The zero-order chi connectivity index (χ0) is 13.1. The number of hydrogen-bond donors (Lipinski definition) is 0. The molecule has 1 aliphatic rings. The Morgan fingerprint density at radius 3 is 2.72 bits per heavy atom. The van der Waals surface area contributed by atoms with E-state index in [9.17, 15) is 4.79 Å². The number of para-hydroxylation sites is 1. The summed E-state index contributed by atoms with van der Waals surface area (Å²) in [6.45, 7) is 5.35. The summed E-state index contributed by atoms with van der Waals surface area (Å²) in [6, 6.07) is 7.94. The molecule has 0 spiro atoms. The summed E-state index contributed by atoms with van der Waals surface area (Å²) in [6.07, 6.45) is 1.04. The molecule has 1 amide bonds. The van der Waals surface area contributed by atoms with Gasteiger partial charge in [0, 0.05) is 13.0 Å². The van der Waals surface area contributed by atoms with Gasteiger partial charge in [-0.3, -0.25) is 4.79 Å². The van der Waals surface area contributed by atoms with Gasteiger partial charge in [0.15, 0.2) is 0 Å². The number of benzene rings is 1. The van der Waals surface area contributed by atoms with E-state index in [-0.39, 0.29) is 11.8 Å². The average Bonchev–Trinajstić information content (AvgIpc) is 3.08. The Hall–Kier alpha value is -1.51. The second-order valence-corrected chi connectivity index (χ2v) is 5.19. The summed E-state index contributed by atoms with van der Waals surface area (Å²) in [5.41, 5.74) is 1.13. The lowest BCUT2D eigenvalue weighted by molar-refractivity contribution is -0.131. The van der Waals surface area contributed by atoms with Gasteiger partial charge in [-0.1, -0.05) is 25.1 Å². The first-order valence-corrected chi connectivity index (χ1v) is 6.53. The van der Waals surface area contributed by atoms with Crippen LogP contribution in [0.5, 0.6) is 5.75 Å². The normalized spacial score (nSPS) is 21.5. The molecule has 0 N–H and O–H groups in total. The number of aryl methyl sites for hydroxylation is 1. The highest BCUT2D eigenvalue weighted by Gasteiger charge is 2.40. The van der Waals surface area contributed by atoms with Gasteiger partial charge in [-0.25, -0.2) is 0 Å². The first-order chi connectivity index (χ1) is 8.59. The molecule has 0 heterocycles. The van der Waals surface area contributed by atoms with Crippen LogP contribution in [0.25, 0.3) is 0 Å². The zero-order valence-corrected chi connectivity index (χ0v) is 11.3. The number of carbonyl (C=O) groups excluding carboxylic acids is 1. The van der Waals surface area contributed by atoms with Crippen LogP contribution in [0.4, 0.5) is 0 Å². The van der Waals surface area contributed by atoms with Crippen LogP contribution in [0.3, 0.4) is 0 Å². The van der Waals surface area contributed by atoms with E-state index in [0.717, 1.165) is 17.7 Å². The maximum Gasteiger partial charge on any atom is 0.225 e. The van der Waals surface area contributed by atoms with Crippen molar-refractivity contribution in [1.82, 2.24) is 4.90 Å². The second kappa shape index (κ2) is 5.42. The van der Waals surface area contributed by atoms with Crippen LogP contribution >= 0.6 is 0 Å². The summed E-state index contributed by atoms with van der Waals surface area (Å²) in [5, 5.41) is 0. The predicted octanol–water partition coefficient (Wildman–Crippen LogP) is 2.49. The van der Waals surface area contributed by atoms with Crippen molar-refractivity contribution < 1.29 is 9.53 Å². The van der Waals surface area contributed by atoms with Gasteiger partial charge in [-0.2, -0.15) is 0 Å². The average molecular weight is 247 g/mol. The van der Waals surface area contributed by atoms with Crippen LogP contribution in [0.2, 0.25) is 0 Å². The molecule has 0 radical (unpaired) electrons. The first kappa shape index (κ1) is 12.9. The number of hydrogen-bond acceptors (Lipinski definition) is 2. The maximum atomic E-state index is 11.9. The highest BCUT2D eigenvalue weighted by atomic mass is 16.5. The van der Waals surface area contributed by atoms with Crippen LogP contribution in [0.15, 0.2) is 24.3 Å². The van der Waals surface area contributed by atoms with Crippen LogP contribution in [-0.2, 0) is 4.79 Å². The summed E-state index contributed by atoms with van der Waals surface area (Å²) in [4.78, 5) is 13.7. The standard InChI is InChI=1S/C15H21NO2/c1-11-6-4-5-7-14(11)18-9-8-16(3)15(17)13-10-12(13)2/h4-7,12-13H,8-10H2,1-3H3. The minimum atomic E-state index is 0.258. The highest BCUT2D eigenvalue weighted by Crippen LogP contribution is 2.38. The van der Waals surface area contributed by atoms with Gasteiger partial charge in [0.25, 0.3) is 0 Å². The van der Waals surface area contributed by atoms with E-state index in [2.05, 4.69) is 6.92 Å². The molecular formula is C15H21NO2. The van der Waals surface area contributed by atoms with E-state index < -0.39 is 0 Å². The molecular weight excluding hydrogens is 226 g/mol. The molecule has 18 heavy (non-hydrogen) atoms. The minimum Gasteiger partial charge on any atom is -0.491 e. The summed E-state index contributed by atoms with van der Waals surface area (Å²) in [5.74, 6) is 1.99. The van der Waals surface area contributed by atoms with Gasteiger partial charge < -0.3 is 9.64 Å². The van der Waals surface area contributed by atoms with E-state index in [4.69, 9.17) is 4.74 Å². The van der Waals surface area contributed by atoms with Crippen molar-refractivity contribution in [2.45, 2.75) is 20.3 Å². The third-order valence-corrected chi connectivity index (χ3v) is 3.58. The number of rotatable bonds is 5. The van der Waals surface area contributed by atoms with Crippen molar-refractivity contribution in [2.75, 3.05) is 20.2 Å². The van der Waals surface area contributed by atoms with Gasteiger partial charge in [-0.15, -0.1) is 0 Å². The number of ether oxygens (including phenoxy) is 1. The Kier molecular flexibility index (Phi) is 3.90. The van der Waals surface area contributed by atoms with E-state index in [0.29, 0.717) is 19.1 Å². The number of amides is 1. The molecule has 1 fully saturated rings. The molecule has 2 atom stereocenters. The predicted molar refractivity (Wildman–Crippen MR) is 71.6 cm³/mol. The monoisotopic (exact) mass is 247 g/mol. The molecule has 0 saturated heterocycles. The highest BCUT2D eigenvalue weighted by molar-refractivity contribution is 5.81. The van der Waals surface area contributed by atoms with E-state index in [1.807, 2.05) is 38.2 Å². The van der Waals surface area contributed by atoms with E-state index in [1.165, 1.54) is 0 Å². The molecule has 0 aliphatic heterocycles. The molecule has 0 aromatic heterocycles. The van der Waals surface area contributed by atoms with Gasteiger partial charge in [0.2, 0.25) is 5.91 Å². The molecule has 1 aromatic rings. The quantitative estimate of drug-likeness (QED) is 0.800. The third-order valence-electron chi connectivity index (χ3n) is 3.58. The molecule has 2 unspecified atom stereocenters. The molecule has 3 nitrogen and oxygen atoms in total. The Morgan fingerprint density at radius 1 is 1.44 bits per heavy atom. The Morgan fingerprint density at radius 2 is 2.11 bits per heavy atom. The summed E-state index contributed by atoms with van der Waals surface area (Å²) >= 11 is 0. The number of likely N-dealkylation sites (N-methyl/N-ethyl adjacent to an activating group) is 1. The fourth-order valence-electron chi connectivity index (χ4n) is 2.07. The largest absolute Gasteiger partial charge is 0.491 e.